The molecular formula is C21H31IN4. The van der Waals surface area contributed by atoms with Crippen molar-refractivity contribution in [1.29, 1.82) is 0 Å². The van der Waals surface area contributed by atoms with Crippen LogP contribution in [0, 0.1) is 0 Å². The summed E-state index contributed by atoms with van der Waals surface area (Å²) in [7, 11) is 1.81. The molecule has 0 heterocycles. The second-order valence-corrected chi connectivity index (χ2v) is 6.00. The van der Waals surface area contributed by atoms with Crippen LogP contribution in [0.4, 0.5) is 0 Å². The van der Waals surface area contributed by atoms with Crippen molar-refractivity contribution in [3.8, 4) is 0 Å². The molecule has 0 spiro atoms. The summed E-state index contributed by atoms with van der Waals surface area (Å²) in [5.41, 5.74) is 3.93. The maximum absolute atomic E-state index is 4.33. The van der Waals surface area contributed by atoms with Gasteiger partial charge in [-0.05, 0) is 29.8 Å². The van der Waals surface area contributed by atoms with Crippen molar-refractivity contribution in [3.05, 3.63) is 71.3 Å². The van der Waals surface area contributed by atoms with Crippen molar-refractivity contribution in [2.75, 3.05) is 20.1 Å². The summed E-state index contributed by atoms with van der Waals surface area (Å²) in [4.78, 5) is 6.76. The first-order chi connectivity index (χ1) is 12.3. The van der Waals surface area contributed by atoms with Crippen molar-refractivity contribution in [1.82, 2.24) is 15.5 Å². The number of rotatable bonds is 8. The normalized spacial score (nSPS) is 11.2. The number of guanidine groups is 1. The fourth-order valence-electron chi connectivity index (χ4n) is 2.75. The van der Waals surface area contributed by atoms with Gasteiger partial charge in [0.15, 0.2) is 5.96 Å². The molecule has 0 radical (unpaired) electrons. The van der Waals surface area contributed by atoms with Crippen molar-refractivity contribution >= 4 is 29.9 Å². The third-order valence-corrected chi connectivity index (χ3v) is 4.38. The first kappa shape index (κ1) is 22.4. The maximum Gasteiger partial charge on any atom is 0.191 e. The highest BCUT2D eigenvalue weighted by Crippen LogP contribution is 2.11. The van der Waals surface area contributed by atoms with Crippen LogP contribution in [0.15, 0.2) is 59.6 Å². The van der Waals surface area contributed by atoms with E-state index in [1.54, 1.807) is 0 Å². The number of nitrogens with zero attached hydrogens (tertiary/aromatic N) is 2. The van der Waals surface area contributed by atoms with E-state index in [4.69, 9.17) is 0 Å². The predicted molar refractivity (Wildman–Crippen MR) is 122 cm³/mol. The molecule has 0 aliphatic rings. The molecule has 0 unspecified atom stereocenters. The molecule has 0 fully saturated rings. The first-order valence-corrected chi connectivity index (χ1v) is 9.04. The van der Waals surface area contributed by atoms with Crippen LogP contribution in [-0.4, -0.2) is 31.0 Å². The Labute approximate surface area is 175 Å². The highest BCUT2D eigenvalue weighted by Gasteiger charge is 2.07. The number of nitrogens with one attached hydrogen (secondary N) is 2. The van der Waals surface area contributed by atoms with E-state index < -0.39 is 0 Å². The second kappa shape index (κ2) is 12.7. The number of halogens is 1. The van der Waals surface area contributed by atoms with E-state index in [0.29, 0.717) is 0 Å². The van der Waals surface area contributed by atoms with Gasteiger partial charge in [0.25, 0.3) is 0 Å². The van der Waals surface area contributed by atoms with Crippen LogP contribution in [0.25, 0.3) is 0 Å². The molecule has 0 aliphatic heterocycles. The van der Waals surface area contributed by atoms with Gasteiger partial charge in [-0.2, -0.15) is 0 Å². The lowest BCUT2D eigenvalue weighted by atomic mass is 10.1. The predicted octanol–water partition coefficient (Wildman–Crippen LogP) is 4.01. The highest BCUT2D eigenvalue weighted by molar-refractivity contribution is 14.0. The molecule has 0 aliphatic carbocycles. The third kappa shape index (κ3) is 7.33. The van der Waals surface area contributed by atoms with Gasteiger partial charge in [0.05, 0.1) is 0 Å². The minimum atomic E-state index is 0. The summed E-state index contributed by atoms with van der Waals surface area (Å²) in [5.74, 6) is 0.821. The zero-order chi connectivity index (χ0) is 17.9. The van der Waals surface area contributed by atoms with Crippen LogP contribution in [-0.2, 0) is 19.6 Å². The Balaban J connectivity index is 0.00000338. The minimum absolute atomic E-state index is 0. The van der Waals surface area contributed by atoms with Gasteiger partial charge in [0.2, 0.25) is 0 Å². The van der Waals surface area contributed by atoms with Gasteiger partial charge < -0.3 is 10.6 Å². The van der Waals surface area contributed by atoms with E-state index in [-0.39, 0.29) is 24.0 Å². The van der Waals surface area contributed by atoms with E-state index in [2.05, 4.69) is 82.9 Å². The fraction of sp³-hybridized carbons (Fsp3) is 0.381. The van der Waals surface area contributed by atoms with Gasteiger partial charge in [0, 0.05) is 26.7 Å². The van der Waals surface area contributed by atoms with Crippen molar-refractivity contribution in [3.63, 3.8) is 0 Å². The molecule has 0 saturated carbocycles. The summed E-state index contributed by atoms with van der Waals surface area (Å²) in [6.45, 7) is 9.07. The van der Waals surface area contributed by atoms with Gasteiger partial charge in [-0.1, -0.05) is 68.4 Å². The Bertz CT molecular complexity index is 654. The van der Waals surface area contributed by atoms with E-state index in [1.165, 1.54) is 16.7 Å². The summed E-state index contributed by atoms with van der Waals surface area (Å²) in [6, 6.07) is 19.0. The molecule has 142 valence electrons. The summed E-state index contributed by atoms with van der Waals surface area (Å²) >= 11 is 0. The molecule has 0 saturated heterocycles. The average molecular weight is 466 g/mol. The summed E-state index contributed by atoms with van der Waals surface area (Å²) in [5, 5.41) is 6.79. The van der Waals surface area contributed by atoms with Crippen LogP contribution in [0.2, 0.25) is 0 Å². The Kier molecular flexibility index (Phi) is 11.0. The lowest BCUT2D eigenvalue weighted by Crippen LogP contribution is -2.36. The van der Waals surface area contributed by atoms with Crippen LogP contribution >= 0.6 is 24.0 Å². The lowest BCUT2D eigenvalue weighted by Gasteiger charge is -2.20. The molecule has 0 amide bonds. The summed E-state index contributed by atoms with van der Waals surface area (Å²) in [6.07, 6.45) is 0. The first-order valence-electron chi connectivity index (χ1n) is 9.04. The molecule has 5 heteroatoms. The van der Waals surface area contributed by atoms with Gasteiger partial charge >= 0.3 is 0 Å². The molecule has 2 aromatic rings. The van der Waals surface area contributed by atoms with E-state index in [0.717, 1.165) is 38.7 Å². The zero-order valence-corrected chi connectivity index (χ0v) is 18.4. The van der Waals surface area contributed by atoms with Crippen molar-refractivity contribution < 1.29 is 0 Å². The lowest BCUT2D eigenvalue weighted by molar-refractivity contribution is 0.295. The average Bonchev–Trinajstić information content (AvgIpc) is 2.68. The van der Waals surface area contributed by atoms with E-state index in [9.17, 15) is 0 Å². The Morgan fingerprint density at radius 2 is 1.42 bits per heavy atom. The smallest absolute Gasteiger partial charge is 0.191 e. The van der Waals surface area contributed by atoms with E-state index >= 15 is 0 Å². The number of aliphatic imine (C=N–C) groups is 1. The molecule has 26 heavy (non-hydrogen) atoms. The van der Waals surface area contributed by atoms with Crippen LogP contribution in [0.5, 0.6) is 0 Å². The topological polar surface area (TPSA) is 39.7 Å². The number of hydrogen-bond donors (Lipinski definition) is 2. The van der Waals surface area contributed by atoms with Gasteiger partial charge in [0.1, 0.15) is 0 Å². The molecule has 2 aromatic carbocycles. The molecule has 2 rings (SSSR count). The standard InChI is InChI=1S/C21H30N4.HI/c1-4-25(5-2)17-20-14-10-9-13-19(20)16-24-21(22-3)23-15-18-11-7-6-8-12-18;/h6-14H,4-5,15-17H2,1-3H3,(H2,22,23,24);1H. The third-order valence-electron chi connectivity index (χ3n) is 4.38. The maximum atomic E-state index is 4.33. The molecular weight excluding hydrogens is 435 g/mol. The number of hydrogen-bond acceptors (Lipinski definition) is 2. The molecule has 2 N–H and O–H groups in total. The fourth-order valence-corrected chi connectivity index (χ4v) is 2.75. The van der Waals surface area contributed by atoms with Gasteiger partial charge in [-0.3, -0.25) is 9.89 Å². The molecule has 0 bridgehead atoms. The monoisotopic (exact) mass is 466 g/mol. The quantitative estimate of drug-likeness (QED) is 0.351. The SMILES string of the molecule is CCN(CC)Cc1ccccc1CNC(=NC)NCc1ccccc1.I. The number of benzene rings is 2. The van der Waals surface area contributed by atoms with Gasteiger partial charge in [-0.25, -0.2) is 0 Å². The van der Waals surface area contributed by atoms with Crippen LogP contribution in [0.1, 0.15) is 30.5 Å². The van der Waals surface area contributed by atoms with Crippen molar-refractivity contribution in [2.24, 2.45) is 4.99 Å². The molecule has 4 nitrogen and oxygen atoms in total. The summed E-state index contributed by atoms with van der Waals surface area (Å²) < 4.78 is 0. The van der Waals surface area contributed by atoms with Gasteiger partial charge in [-0.15, -0.1) is 24.0 Å². The van der Waals surface area contributed by atoms with E-state index in [1.807, 2.05) is 13.1 Å². The zero-order valence-electron chi connectivity index (χ0n) is 16.0. The Morgan fingerprint density at radius 3 is 2.04 bits per heavy atom. The second-order valence-electron chi connectivity index (χ2n) is 6.00. The van der Waals surface area contributed by atoms with Crippen molar-refractivity contribution in [2.45, 2.75) is 33.5 Å². The molecule has 0 aromatic heterocycles. The Hall–Kier alpha value is -1.60. The minimum Gasteiger partial charge on any atom is -0.352 e. The highest BCUT2D eigenvalue weighted by atomic mass is 127. The largest absolute Gasteiger partial charge is 0.352 e. The van der Waals surface area contributed by atoms with Crippen LogP contribution in [0.3, 0.4) is 0 Å². The Morgan fingerprint density at radius 1 is 0.846 bits per heavy atom. The molecule has 0 atom stereocenters. The van der Waals surface area contributed by atoms with Crippen LogP contribution < -0.4 is 10.6 Å².